The van der Waals surface area contributed by atoms with E-state index in [9.17, 15) is 0 Å². The van der Waals surface area contributed by atoms with Gasteiger partial charge in [0.05, 0.1) is 5.69 Å². The van der Waals surface area contributed by atoms with Crippen LogP contribution in [0, 0.1) is 12.8 Å². The number of nitrogens with one attached hydrogen (secondary N) is 1. The van der Waals surface area contributed by atoms with Crippen molar-refractivity contribution < 1.29 is 0 Å². The summed E-state index contributed by atoms with van der Waals surface area (Å²) in [7, 11) is 1.90. The summed E-state index contributed by atoms with van der Waals surface area (Å²) in [4.78, 5) is 0. The molecule has 1 N–H and O–H groups in total. The Balaban J connectivity index is 2.80. The van der Waals surface area contributed by atoms with Crippen LogP contribution in [0.5, 0.6) is 0 Å². The van der Waals surface area contributed by atoms with Crippen LogP contribution >= 0.6 is 11.6 Å². The number of rotatable bonds is 6. The zero-order valence-corrected chi connectivity index (χ0v) is 12.3. The van der Waals surface area contributed by atoms with Crippen molar-refractivity contribution >= 4 is 11.6 Å². The first kappa shape index (κ1) is 14.5. The Bertz CT molecular complexity index is 360. The molecular weight excluding hydrogens is 234 g/mol. The van der Waals surface area contributed by atoms with Crippen molar-refractivity contribution in [1.82, 2.24) is 15.1 Å². The number of nitrogens with zero attached hydrogens (tertiary/aromatic N) is 2. The topological polar surface area (TPSA) is 29.9 Å². The molecule has 0 spiro atoms. The molecule has 4 heteroatoms. The van der Waals surface area contributed by atoms with Crippen LogP contribution in [0.3, 0.4) is 0 Å². The van der Waals surface area contributed by atoms with Crippen molar-refractivity contribution in [1.29, 1.82) is 0 Å². The highest BCUT2D eigenvalue weighted by atomic mass is 35.5. The molecule has 2 atom stereocenters. The fourth-order valence-corrected chi connectivity index (χ4v) is 2.58. The van der Waals surface area contributed by atoms with Gasteiger partial charge in [-0.1, -0.05) is 31.9 Å². The summed E-state index contributed by atoms with van der Waals surface area (Å²) in [6, 6.07) is 0.515. The van der Waals surface area contributed by atoms with Gasteiger partial charge in [0.2, 0.25) is 0 Å². The molecule has 0 bridgehead atoms. The summed E-state index contributed by atoms with van der Waals surface area (Å²) < 4.78 is 1.76. The standard InChI is InChI=1S/C13H24ClN3/c1-6-11(9(3)15-7-2)8-12-10(4)16-17(5)13(12)14/h9,11,15H,6-8H2,1-5H3. The summed E-state index contributed by atoms with van der Waals surface area (Å²) in [5.74, 6) is 0.607. The molecular formula is C13H24ClN3. The van der Waals surface area contributed by atoms with Gasteiger partial charge < -0.3 is 5.32 Å². The molecule has 0 amide bonds. The van der Waals surface area contributed by atoms with Crippen molar-refractivity contribution in [3.8, 4) is 0 Å². The predicted octanol–water partition coefficient (Wildman–Crippen LogP) is 2.95. The maximum atomic E-state index is 6.28. The van der Waals surface area contributed by atoms with Gasteiger partial charge in [0, 0.05) is 18.7 Å². The van der Waals surface area contributed by atoms with Crippen LogP contribution in [-0.4, -0.2) is 22.4 Å². The van der Waals surface area contributed by atoms with Gasteiger partial charge in [-0.05, 0) is 32.7 Å². The van der Waals surface area contributed by atoms with Crippen LogP contribution in [0.15, 0.2) is 0 Å². The summed E-state index contributed by atoms with van der Waals surface area (Å²) in [5, 5.41) is 8.64. The Morgan fingerprint density at radius 3 is 2.47 bits per heavy atom. The molecule has 1 rings (SSSR count). The summed E-state index contributed by atoms with van der Waals surface area (Å²) in [6.07, 6.45) is 2.15. The summed E-state index contributed by atoms with van der Waals surface area (Å²) in [5.41, 5.74) is 2.26. The molecule has 3 nitrogen and oxygen atoms in total. The average Bonchev–Trinajstić information content (AvgIpc) is 2.51. The molecule has 0 aliphatic carbocycles. The van der Waals surface area contributed by atoms with E-state index >= 15 is 0 Å². The number of halogens is 1. The Morgan fingerprint density at radius 2 is 2.06 bits per heavy atom. The van der Waals surface area contributed by atoms with E-state index in [-0.39, 0.29) is 0 Å². The molecule has 1 heterocycles. The van der Waals surface area contributed by atoms with Crippen molar-refractivity contribution in [2.45, 2.75) is 46.6 Å². The second kappa shape index (κ2) is 6.41. The lowest BCUT2D eigenvalue weighted by atomic mass is 9.91. The minimum absolute atomic E-state index is 0.515. The van der Waals surface area contributed by atoms with Crippen LogP contribution in [-0.2, 0) is 13.5 Å². The van der Waals surface area contributed by atoms with E-state index in [2.05, 4.69) is 31.2 Å². The molecule has 1 aromatic rings. The third-order valence-corrected chi connectivity index (χ3v) is 3.97. The molecule has 1 aromatic heterocycles. The second-order valence-electron chi connectivity index (χ2n) is 4.70. The van der Waals surface area contributed by atoms with Gasteiger partial charge in [-0.25, -0.2) is 0 Å². The highest BCUT2D eigenvalue weighted by Gasteiger charge is 2.20. The Kier molecular flexibility index (Phi) is 5.47. The van der Waals surface area contributed by atoms with Crippen LogP contribution in [0.1, 0.15) is 38.4 Å². The van der Waals surface area contributed by atoms with Gasteiger partial charge in [0.15, 0.2) is 0 Å². The predicted molar refractivity (Wildman–Crippen MR) is 73.6 cm³/mol. The first-order valence-corrected chi connectivity index (χ1v) is 6.80. The molecule has 0 aliphatic heterocycles. The number of hydrogen-bond acceptors (Lipinski definition) is 2. The smallest absolute Gasteiger partial charge is 0.130 e. The highest BCUT2D eigenvalue weighted by Crippen LogP contribution is 2.24. The van der Waals surface area contributed by atoms with E-state index in [1.165, 1.54) is 5.56 Å². The van der Waals surface area contributed by atoms with Gasteiger partial charge in [-0.2, -0.15) is 5.10 Å². The number of aromatic nitrogens is 2. The van der Waals surface area contributed by atoms with E-state index in [0.717, 1.165) is 30.2 Å². The molecule has 2 unspecified atom stereocenters. The third-order valence-electron chi connectivity index (χ3n) is 3.49. The molecule has 0 aromatic carbocycles. The zero-order chi connectivity index (χ0) is 13.0. The SMILES string of the molecule is CCNC(C)C(CC)Cc1c(C)nn(C)c1Cl. The lowest BCUT2D eigenvalue weighted by Crippen LogP contribution is -2.34. The average molecular weight is 258 g/mol. The molecule has 0 saturated heterocycles. The molecule has 0 radical (unpaired) electrons. The van der Waals surface area contributed by atoms with Gasteiger partial charge >= 0.3 is 0 Å². The zero-order valence-electron chi connectivity index (χ0n) is 11.5. The Hall–Kier alpha value is -0.540. The van der Waals surface area contributed by atoms with E-state index in [4.69, 9.17) is 11.6 Å². The molecule has 0 fully saturated rings. The first-order valence-electron chi connectivity index (χ1n) is 6.42. The number of hydrogen-bond donors (Lipinski definition) is 1. The minimum atomic E-state index is 0.515. The molecule has 0 aliphatic rings. The van der Waals surface area contributed by atoms with E-state index in [0.29, 0.717) is 12.0 Å². The maximum absolute atomic E-state index is 6.28. The molecule has 0 saturated carbocycles. The highest BCUT2D eigenvalue weighted by molar-refractivity contribution is 6.30. The van der Waals surface area contributed by atoms with Crippen LogP contribution in [0.25, 0.3) is 0 Å². The Labute approximate surface area is 110 Å². The fraction of sp³-hybridized carbons (Fsp3) is 0.769. The monoisotopic (exact) mass is 257 g/mol. The van der Waals surface area contributed by atoms with Crippen molar-refractivity contribution in [2.75, 3.05) is 6.54 Å². The van der Waals surface area contributed by atoms with Gasteiger partial charge in [-0.3, -0.25) is 4.68 Å². The van der Waals surface area contributed by atoms with Gasteiger partial charge in [0.1, 0.15) is 5.15 Å². The maximum Gasteiger partial charge on any atom is 0.130 e. The number of aryl methyl sites for hydroxylation is 2. The van der Waals surface area contributed by atoms with Crippen LogP contribution in [0.2, 0.25) is 5.15 Å². The van der Waals surface area contributed by atoms with Crippen molar-refractivity contribution in [3.63, 3.8) is 0 Å². The molecule has 98 valence electrons. The van der Waals surface area contributed by atoms with Crippen LogP contribution < -0.4 is 5.32 Å². The minimum Gasteiger partial charge on any atom is -0.314 e. The van der Waals surface area contributed by atoms with Crippen molar-refractivity contribution in [2.24, 2.45) is 13.0 Å². The first-order chi connectivity index (χ1) is 8.01. The largest absolute Gasteiger partial charge is 0.314 e. The van der Waals surface area contributed by atoms with Gasteiger partial charge in [0.25, 0.3) is 0 Å². The van der Waals surface area contributed by atoms with Gasteiger partial charge in [-0.15, -0.1) is 0 Å². The lowest BCUT2D eigenvalue weighted by Gasteiger charge is -2.23. The lowest BCUT2D eigenvalue weighted by molar-refractivity contribution is 0.367. The van der Waals surface area contributed by atoms with E-state index in [1.807, 2.05) is 14.0 Å². The molecule has 17 heavy (non-hydrogen) atoms. The summed E-state index contributed by atoms with van der Waals surface area (Å²) in [6.45, 7) is 9.67. The van der Waals surface area contributed by atoms with Crippen molar-refractivity contribution in [3.05, 3.63) is 16.4 Å². The third kappa shape index (κ3) is 3.46. The second-order valence-corrected chi connectivity index (χ2v) is 5.06. The normalized spacial score (nSPS) is 14.9. The van der Waals surface area contributed by atoms with E-state index in [1.54, 1.807) is 4.68 Å². The summed E-state index contributed by atoms with van der Waals surface area (Å²) >= 11 is 6.28. The van der Waals surface area contributed by atoms with Crippen LogP contribution in [0.4, 0.5) is 0 Å². The van der Waals surface area contributed by atoms with E-state index < -0.39 is 0 Å². The quantitative estimate of drug-likeness (QED) is 0.849. The Morgan fingerprint density at radius 1 is 1.41 bits per heavy atom. The fourth-order valence-electron chi connectivity index (χ4n) is 2.33.